The molecule has 2 aromatic rings. The van der Waals surface area contributed by atoms with Crippen LogP contribution >= 0.6 is 0 Å². The molecular weight excluding hydrogens is 332 g/mol. The fraction of sp³-hybridized carbons (Fsp3) is 0.458. The molecule has 0 spiro atoms. The van der Waals surface area contributed by atoms with Crippen LogP contribution in [0.4, 0.5) is 0 Å². The SMILES string of the molecule is CC1CCCC(C(=O)NCc2ccc(CN(C)Cc3ccccc3)cc2)C1. The summed E-state index contributed by atoms with van der Waals surface area (Å²) in [6.45, 7) is 4.75. The highest BCUT2D eigenvalue weighted by Crippen LogP contribution is 2.28. The number of rotatable bonds is 7. The van der Waals surface area contributed by atoms with Crippen molar-refractivity contribution in [2.45, 2.75) is 52.2 Å². The fourth-order valence-corrected chi connectivity index (χ4v) is 4.03. The molecule has 1 aliphatic carbocycles. The summed E-state index contributed by atoms with van der Waals surface area (Å²) >= 11 is 0. The first-order valence-corrected chi connectivity index (χ1v) is 10.2. The highest BCUT2D eigenvalue weighted by atomic mass is 16.1. The summed E-state index contributed by atoms with van der Waals surface area (Å²) in [5, 5.41) is 3.13. The number of carbonyl (C=O) groups excluding carboxylic acids is 1. The van der Waals surface area contributed by atoms with E-state index >= 15 is 0 Å². The summed E-state index contributed by atoms with van der Waals surface area (Å²) in [7, 11) is 2.15. The molecule has 0 aromatic heterocycles. The number of hydrogen-bond donors (Lipinski definition) is 1. The van der Waals surface area contributed by atoms with Gasteiger partial charge in [0.05, 0.1) is 0 Å². The van der Waals surface area contributed by atoms with Crippen LogP contribution in [0.2, 0.25) is 0 Å². The molecule has 2 atom stereocenters. The Morgan fingerprint density at radius 3 is 2.26 bits per heavy atom. The maximum Gasteiger partial charge on any atom is 0.223 e. The van der Waals surface area contributed by atoms with Crippen molar-refractivity contribution in [3.63, 3.8) is 0 Å². The van der Waals surface area contributed by atoms with Crippen molar-refractivity contribution in [2.24, 2.45) is 11.8 Å². The monoisotopic (exact) mass is 364 g/mol. The van der Waals surface area contributed by atoms with E-state index in [9.17, 15) is 4.79 Å². The molecule has 0 radical (unpaired) electrons. The molecule has 2 unspecified atom stereocenters. The molecule has 2 aromatic carbocycles. The highest BCUT2D eigenvalue weighted by molar-refractivity contribution is 5.78. The van der Waals surface area contributed by atoms with Crippen LogP contribution in [-0.2, 0) is 24.4 Å². The van der Waals surface area contributed by atoms with Gasteiger partial charge in [0.15, 0.2) is 0 Å². The van der Waals surface area contributed by atoms with E-state index in [1.54, 1.807) is 0 Å². The first-order chi connectivity index (χ1) is 13.1. The molecule has 27 heavy (non-hydrogen) atoms. The van der Waals surface area contributed by atoms with Gasteiger partial charge in [-0.2, -0.15) is 0 Å². The lowest BCUT2D eigenvalue weighted by molar-refractivity contribution is -0.126. The van der Waals surface area contributed by atoms with Crippen molar-refractivity contribution in [3.8, 4) is 0 Å². The Morgan fingerprint density at radius 1 is 0.963 bits per heavy atom. The predicted octanol–water partition coefficient (Wildman–Crippen LogP) is 4.76. The summed E-state index contributed by atoms with van der Waals surface area (Å²) in [4.78, 5) is 14.7. The number of benzene rings is 2. The lowest BCUT2D eigenvalue weighted by atomic mass is 9.82. The molecule has 144 valence electrons. The van der Waals surface area contributed by atoms with E-state index in [1.807, 2.05) is 0 Å². The number of nitrogens with zero attached hydrogens (tertiary/aromatic N) is 1. The zero-order chi connectivity index (χ0) is 19.1. The normalized spacial score (nSPS) is 19.8. The molecule has 0 heterocycles. The van der Waals surface area contributed by atoms with Crippen molar-refractivity contribution in [2.75, 3.05) is 7.05 Å². The number of nitrogens with one attached hydrogen (secondary N) is 1. The molecule has 1 N–H and O–H groups in total. The van der Waals surface area contributed by atoms with E-state index in [-0.39, 0.29) is 11.8 Å². The summed E-state index contributed by atoms with van der Waals surface area (Å²) in [6.07, 6.45) is 4.54. The van der Waals surface area contributed by atoms with Crippen LogP contribution in [0.3, 0.4) is 0 Å². The standard InChI is InChI=1S/C24H32N2O/c1-19-7-6-10-23(15-19)24(27)25-16-20-11-13-22(14-12-20)18-26(2)17-21-8-4-3-5-9-21/h3-5,8-9,11-14,19,23H,6-7,10,15-18H2,1-2H3,(H,25,27). The van der Waals surface area contributed by atoms with Crippen molar-refractivity contribution in [1.29, 1.82) is 0 Å². The first-order valence-electron chi connectivity index (χ1n) is 10.2. The van der Waals surface area contributed by atoms with E-state index in [0.29, 0.717) is 12.5 Å². The zero-order valence-electron chi connectivity index (χ0n) is 16.7. The van der Waals surface area contributed by atoms with Crippen LogP contribution in [-0.4, -0.2) is 17.9 Å². The molecule has 1 amide bonds. The molecule has 0 bridgehead atoms. The van der Waals surface area contributed by atoms with Crippen molar-refractivity contribution >= 4 is 5.91 Å². The van der Waals surface area contributed by atoms with Gasteiger partial charge in [-0.1, -0.05) is 74.4 Å². The Labute approximate surface area is 163 Å². The third kappa shape index (κ3) is 6.21. The Balaban J connectivity index is 1.45. The Morgan fingerprint density at radius 2 is 1.59 bits per heavy atom. The van der Waals surface area contributed by atoms with Gasteiger partial charge in [-0.3, -0.25) is 9.69 Å². The average Bonchev–Trinajstić information content (AvgIpc) is 2.68. The van der Waals surface area contributed by atoms with Gasteiger partial charge in [-0.25, -0.2) is 0 Å². The van der Waals surface area contributed by atoms with E-state index in [4.69, 9.17) is 0 Å². The molecular formula is C24H32N2O. The van der Waals surface area contributed by atoms with Gasteiger partial charge in [0.25, 0.3) is 0 Å². The lowest BCUT2D eigenvalue weighted by Gasteiger charge is -2.25. The zero-order valence-corrected chi connectivity index (χ0v) is 16.7. The van der Waals surface area contributed by atoms with Gasteiger partial charge in [-0.05, 0) is 42.5 Å². The maximum atomic E-state index is 12.4. The maximum absolute atomic E-state index is 12.4. The van der Waals surface area contributed by atoms with E-state index in [2.05, 4.69) is 78.8 Å². The van der Waals surface area contributed by atoms with Crippen LogP contribution in [0.15, 0.2) is 54.6 Å². The predicted molar refractivity (Wildman–Crippen MR) is 111 cm³/mol. The quantitative estimate of drug-likeness (QED) is 0.768. The van der Waals surface area contributed by atoms with Crippen molar-refractivity contribution in [1.82, 2.24) is 10.2 Å². The Bertz CT molecular complexity index is 711. The minimum absolute atomic E-state index is 0.208. The first kappa shape index (κ1) is 19.6. The van der Waals surface area contributed by atoms with Crippen LogP contribution in [0.1, 0.15) is 49.3 Å². The number of carbonyl (C=O) groups is 1. The molecule has 1 aliphatic rings. The minimum atomic E-state index is 0.208. The topological polar surface area (TPSA) is 32.3 Å². The van der Waals surface area contributed by atoms with Gasteiger partial charge >= 0.3 is 0 Å². The van der Waals surface area contributed by atoms with E-state index in [1.165, 1.54) is 29.5 Å². The molecule has 3 rings (SSSR count). The fourth-order valence-electron chi connectivity index (χ4n) is 4.03. The minimum Gasteiger partial charge on any atom is -0.352 e. The Hall–Kier alpha value is -2.13. The van der Waals surface area contributed by atoms with Crippen molar-refractivity contribution in [3.05, 3.63) is 71.3 Å². The summed E-state index contributed by atoms with van der Waals surface area (Å²) in [5.74, 6) is 1.12. The van der Waals surface area contributed by atoms with Gasteiger partial charge in [0.1, 0.15) is 0 Å². The second-order valence-corrected chi connectivity index (χ2v) is 8.16. The number of hydrogen-bond acceptors (Lipinski definition) is 2. The molecule has 3 heteroatoms. The third-order valence-electron chi connectivity index (χ3n) is 5.54. The lowest BCUT2D eigenvalue weighted by Crippen LogP contribution is -2.33. The van der Waals surface area contributed by atoms with Gasteiger partial charge in [0, 0.05) is 25.6 Å². The molecule has 3 nitrogen and oxygen atoms in total. The van der Waals surface area contributed by atoms with Crippen LogP contribution in [0, 0.1) is 11.8 Å². The van der Waals surface area contributed by atoms with E-state index in [0.717, 1.165) is 25.9 Å². The largest absolute Gasteiger partial charge is 0.352 e. The second-order valence-electron chi connectivity index (χ2n) is 8.16. The van der Waals surface area contributed by atoms with Crippen LogP contribution in [0.25, 0.3) is 0 Å². The highest BCUT2D eigenvalue weighted by Gasteiger charge is 2.24. The number of amides is 1. The smallest absolute Gasteiger partial charge is 0.223 e. The van der Waals surface area contributed by atoms with Crippen molar-refractivity contribution < 1.29 is 4.79 Å². The average molecular weight is 365 g/mol. The van der Waals surface area contributed by atoms with Crippen LogP contribution < -0.4 is 5.32 Å². The molecule has 0 saturated heterocycles. The van der Waals surface area contributed by atoms with Gasteiger partial charge in [-0.15, -0.1) is 0 Å². The van der Waals surface area contributed by atoms with E-state index < -0.39 is 0 Å². The van der Waals surface area contributed by atoms with Gasteiger partial charge < -0.3 is 5.32 Å². The second kappa shape index (κ2) is 9.70. The third-order valence-corrected chi connectivity index (χ3v) is 5.54. The van der Waals surface area contributed by atoms with Crippen LogP contribution in [0.5, 0.6) is 0 Å². The molecule has 0 aliphatic heterocycles. The summed E-state index contributed by atoms with van der Waals surface area (Å²) < 4.78 is 0. The summed E-state index contributed by atoms with van der Waals surface area (Å²) in [5.41, 5.74) is 3.79. The molecule has 1 fully saturated rings. The molecule has 1 saturated carbocycles. The Kier molecular flexibility index (Phi) is 7.05. The van der Waals surface area contributed by atoms with Gasteiger partial charge in [0.2, 0.25) is 5.91 Å². The summed E-state index contributed by atoms with van der Waals surface area (Å²) in [6, 6.07) is 19.2.